The number of carboxylic acids is 1. The first-order valence-corrected chi connectivity index (χ1v) is 9.98. The fourth-order valence-electron chi connectivity index (χ4n) is 2.79. The molecule has 5 atom stereocenters. The molecule has 0 aromatic rings. The molecule has 1 heterocycles. The topological polar surface area (TPSA) is 107 Å². The number of aliphatic hydroxyl groups is 3. The molecule has 0 aliphatic carbocycles. The lowest BCUT2D eigenvalue weighted by Crippen LogP contribution is -2.24. The van der Waals surface area contributed by atoms with Crippen molar-refractivity contribution in [3.63, 3.8) is 0 Å². The molecule has 6 nitrogen and oxygen atoms in total. The molecule has 0 aromatic heterocycles. The number of rotatable bonds is 13. The normalized spacial score (nSPS) is 25.5. The van der Waals surface area contributed by atoms with Gasteiger partial charge in [0.05, 0.1) is 30.5 Å². The zero-order valence-electron chi connectivity index (χ0n) is 16.6. The van der Waals surface area contributed by atoms with Crippen molar-refractivity contribution >= 4 is 5.97 Å². The molecular weight excluding hydrogens is 360 g/mol. The molecule has 1 saturated heterocycles. The van der Waals surface area contributed by atoms with E-state index < -0.39 is 30.4 Å². The summed E-state index contributed by atoms with van der Waals surface area (Å²) >= 11 is 0. The second-order valence-corrected chi connectivity index (χ2v) is 6.92. The Morgan fingerprint density at radius 2 is 1.71 bits per heavy atom. The Labute approximate surface area is 167 Å². The lowest BCUT2D eigenvalue weighted by atomic mass is 10.0. The molecular formula is C22H34O6. The van der Waals surface area contributed by atoms with Crippen molar-refractivity contribution in [2.75, 3.05) is 0 Å². The summed E-state index contributed by atoms with van der Waals surface area (Å²) in [6.07, 6.45) is 15.9. The molecule has 1 aliphatic heterocycles. The second kappa shape index (κ2) is 14.3. The largest absolute Gasteiger partial charge is 0.481 e. The van der Waals surface area contributed by atoms with Gasteiger partial charge in [-0.2, -0.15) is 0 Å². The minimum absolute atomic E-state index is 0.160. The van der Waals surface area contributed by atoms with Crippen LogP contribution in [-0.4, -0.2) is 56.9 Å². The summed E-state index contributed by atoms with van der Waals surface area (Å²) in [6, 6.07) is 0. The van der Waals surface area contributed by atoms with Crippen molar-refractivity contribution in [2.24, 2.45) is 0 Å². The van der Waals surface area contributed by atoms with Crippen LogP contribution in [0.3, 0.4) is 0 Å². The summed E-state index contributed by atoms with van der Waals surface area (Å²) in [6.45, 7) is 1.86. The number of carbonyl (C=O) groups is 1. The van der Waals surface area contributed by atoms with Crippen LogP contribution in [0.25, 0.3) is 0 Å². The molecule has 0 amide bonds. The molecule has 1 rings (SSSR count). The first kappa shape index (κ1) is 24.3. The van der Waals surface area contributed by atoms with Gasteiger partial charge in [0.2, 0.25) is 0 Å². The highest BCUT2D eigenvalue weighted by Crippen LogP contribution is 2.26. The molecule has 0 bridgehead atoms. The molecule has 1 fully saturated rings. The van der Waals surface area contributed by atoms with Gasteiger partial charge in [0.15, 0.2) is 0 Å². The first-order chi connectivity index (χ1) is 13.4. The van der Waals surface area contributed by atoms with Crippen LogP contribution < -0.4 is 0 Å². The van der Waals surface area contributed by atoms with E-state index in [0.29, 0.717) is 25.7 Å². The van der Waals surface area contributed by atoms with Crippen molar-refractivity contribution < 1.29 is 30.0 Å². The van der Waals surface area contributed by atoms with Crippen LogP contribution in [-0.2, 0) is 9.53 Å². The summed E-state index contributed by atoms with van der Waals surface area (Å²) < 4.78 is 5.75. The zero-order valence-corrected chi connectivity index (χ0v) is 16.6. The highest BCUT2D eigenvalue weighted by Gasteiger charge is 2.36. The van der Waals surface area contributed by atoms with Crippen LogP contribution in [0.15, 0.2) is 48.6 Å². The SMILES string of the molecule is CC[C@@H](O)/C=C/[C@@H](O)[C@H]1C[C@@H](O)[C@H](C/C=C\C/C=C\C/C=C\CCC(=O)O)O1. The van der Waals surface area contributed by atoms with E-state index in [-0.39, 0.29) is 12.5 Å². The summed E-state index contributed by atoms with van der Waals surface area (Å²) in [5, 5.41) is 38.2. The van der Waals surface area contributed by atoms with Crippen molar-refractivity contribution in [2.45, 2.75) is 82.4 Å². The van der Waals surface area contributed by atoms with E-state index in [4.69, 9.17) is 9.84 Å². The maximum Gasteiger partial charge on any atom is 0.303 e. The Bertz CT molecular complexity index is 551. The number of allylic oxidation sites excluding steroid dienone is 5. The molecule has 0 aromatic carbocycles. The third-order valence-corrected chi connectivity index (χ3v) is 4.52. The van der Waals surface area contributed by atoms with Crippen LogP contribution in [0.1, 0.15) is 51.9 Å². The molecule has 0 spiro atoms. The van der Waals surface area contributed by atoms with E-state index in [9.17, 15) is 20.1 Å². The second-order valence-electron chi connectivity index (χ2n) is 6.92. The van der Waals surface area contributed by atoms with Crippen molar-refractivity contribution in [3.8, 4) is 0 Å². The summed E-state index contributed by atoms with van der Waals surface area (Å²) in [5.74, 6) is -0.783. The highest BCUT2D eigenvalue weighted by atomic mass is 16.5. The Balaban J connectivity index is 2.23. The van der Waals surface area contributed by atoms with E-state index in [2.05, 4.69) is 0 Å². The Morgan fingerprint density at radius 1 is 1.07 bits per heavy atom. The van der Waals surface area contributed by atoms with Crippen LogP contribution in [0.4, 0.5) is 0 Å². The van der Waals surface area contributed by atoms with Gasteiger partial charge >= 0.3 is 5.97 Å². The van der Waals surface area contributed by atoms with E-state index in [1.54, 1.807) is 6.08 Å². The standard InChI is InChI=1S/C22H34O6/c1-2-17(23)14-15-18(24)21-16-19(25)20(28-21)12-10-8-6-4-3-5-7-9-11-13-22(26)27/h3-4,7-10,14-15,17-21,23-25H,2,5-6,11-13,16H2,1H3,(H,26,27)/b4-3-,9-7-,10-8-,15-14+/t17-,18-,19-,20+,21-/m1/s1. The number of hydrogen-bond acceptors (Lipinski definition) is 5. The van der Waals surface area contributed by atoms with Gasteiger partial charge in [0.25, 0.3) is 0 Å². The lowest BCUT2D eigenvalue weighted by Gasteiger charge is -2.16. The van der Waals surface area contributed by atoms with E-state index in [1.807, 2.05) is 43.4 Å². The van der Waals surface area contributed by atoms with Crippen molar-refractivity contribution in [1.29, 1.82) is 0 Å². The van der Waals surface area contributed by atoms with Crippen molar-refractivity contribution in [3.05, 3.63) is 48.6 Å². The minimum Gasteiger partial charge on any atom is -0.481 e. The number of carboxylic acid groups (broad SMARTS) is 1. The number of ether oxygens (including phenoxy) is 1. The maximum atomic E-state index is 10.4. The fourth-order valence-corrected chi connectivity index (χ4v) is 2.79. The molecule has 1 aliphatic rings. The van der Waals surface area contributed by atoms with Gasteiger partial charge in [0, 0.05) is 12.8 Å². The summed E-state index contributed by atoms with van der Waals surface area (Å²) in [5.41, 5.74) is 0. The summed E-state index contributed by atoms with van der Waals surface area (Å²) in [7, 11) is 0. The summed E-state index contributed by atoms with van der Waals surface area (Å²) in [4.78, 5) is 10.4. The van der Waals surface area contributed by atoms with Gasteiger partial charge in [-0.15, -0.1) is 0 Å². The third-order valence-electron chi connectivity index (χ3n) is 4.52. The van der Waals surface area contributed by atoms with Gasteiger partial charge in [-0.3, -0.25) is 4.79 Å². The first-order valence-electron chi connectivity index (χ1n) is 9.98. The Kier molecular flexibility index (Phi) is 12.4. The highest BCUT2D eigenvalue weighted by molar-refractivity contribution is 5.66. The van der Waals surface area contributed by atoms with Crippen LogP contribution in [0.2, 0.25) is 0 Å². The van der Waals surface area contributed by atoms with Gasteiger partial charge in [-0.1, -0.05) is 55.5 Å². The fraction of sp³-hybridized carbons (Fsp3) is 0.591. The maximum absolute atomic E-state index is 10.4. The van der Waals surface area contributed by atoms with Gasteiger partial charge < -0.3 is 25.2 Å². The average molecular weight is 395 g/mol. The molecule has 158 valence electrons. The predicted octanol–water partition coefficient (Wildman–Crippen LogP) is 2.90. The smallest absolute Gasteiger partial charge is 0.303 e. The van der Waals surface area contributed by atoms with Crippen LogP contribution in [0.5, 0.6) is 0 Å². The molecule has 4 N–H and O–H groups in total. The zero-order chi connectivity index (χ0) is 20.8. The molecule has 0 radical (unpaired) electrons. The predicted molar refractivity (Wildman–Crippen MR) is 109 cm³/mol. The molecule has 0 saturated carbocycles. The molecule has 28 heavy (non-hydrogen) atoms. The average Bonchev–Trinajstić information content (AvgIpc) is 3.04. The van der Waals surface area contributed by atoms with E-state index in [1.165, 1.54) is 6.08 Å². The molecule has 0 unspecified atom stereocenters. The Hall–Kier alpha value is -1.73. The van der Waals surface area contributed by atoms with Gasteiger partial charge in [0.1, 0.15) is 0 Å². The lowest BCUT2D eigenvalue weighted by molar-refractivity contribution is -0.136. The monoisotopic (exact) mass is 394 g/mol. The minimum atomic E-state index is -0.837. The van der Waals surface area contributed by atoms with E-state index in [0.717, 1.165) is 12.8 Å². The van der Waals surface area contributed by atoms with E-state index >= 15 is 0 Å². The number of hydrogen-bond donors (Lipinski definition) is 4. The van der Waals surface area contributed by atoms with Gasteiger partial charge in [-0.25, -0.2) is 0 Å². The number of aliphatic carboxylic acids is 1. The quantitative estimate of drug-likeness (QED) is 0.358. The van der Waals surface area contributed by atoms with Crippen molar-refractivity contribution in [1.82, 2.24) is 0 Å². The number of aliphatic hydroxyl groups excluding tert-OH is 3. The van der Waals surface area contributed by atoms with Crippen LogP contribution >= 0.6 is 0 Å². The Morgan fingerprint density at radius 3 is 2.36 bits per heavy atom. The van der Waals surface area contributed by atoms with Gasteiger partial charge in [-0.05, 0) is 32.1 Å². The molecule has 6 heteroatoms. The third kappa shape index (κ3) is 10.6. The van der Waals surface area contributed by atoms with Crippen LogP contribution in [0, 0.1) is 0 Å².